The molecule has 0 radical (unpaired) electrons. The Bertz CT molecular complexity index is 1050. The van der Waals surface area contributed by atoms with Gasteiger partial charge in [0.05, 0.1) is 24.1 Å². The number of hydrogen-bond acceptors (Lipinski definition) is 6. The first-order chi connectivity index (χ1) is 13.1. The fraction of sp³-hybridized carbons (Fsp3) is 0.0500. The number of nitrogens with two attached hydrogens (primary N) is 1. The quantitative estimate of drug-likeness (QED) is 0.636. The zero-order valence-corrected chi connectivity index (χ0v) is 15.3. The minimum absolute atomic E-state index is 0.349. The summed E-state index contributed by atoms with van der Waals surface area (Å²) < 4.78 is 5.23. The highest BCUT2D eigenvalue weighted by molar-refractivity contribution is 7.11. The molecule has 7 heteroatoms. The minimum Gasteiger partial charge on any atom is -0.497 e. The molecule has 6 nitrogen and oxygen atoms in total. The van der Waals surface area contributed by atoms with E-state index in [1.165, 1.54) is 17.5 Å². The molecule has 3 rings (SSSR count). The second-order valence-electron chi connectivity index (χ2n) is 5.49. The number of primary amides is 1. The largest absolute Gasteiger partial charge is 0.497 e. The van der Waals surface area contributed by atoms with Crippen LogP contribution in [0.25, 0.3) is 16.8 Å². The van der Waals surface area contributed by atoms with Gasteiger partial charge >= 0.3 is 0 Å². The van der Waals surface area contributed by atoms with Crippen LogP contribution in [0.15, 0.2) is 60.1 Å². The van der Waals surface area contributed by atoms with Gasteiger partial charge in [0.2, 0.25) is 0 Å². The Kier molecular flexibility index (Phi) is 5.50. The Morgan fingerprint density at radius 2 is 2.11 bits per heavy atom. The van der Waals surface area contributed by atoms with Gasteiger partial charge in [-0.3, -0.25) is 4.79 Å². The van der Waals surface area contributed by atoms with Crippen molar-refractivity contribution in [3.8, 4) is 23.1 Å². The van der Waals surface area contributed by atoms with E-state index in [0.717, 1.165) is 17.0 Å². The number of carbonyl (C=O) groups excluding carboxylic acids is 1. The van der Waals surface area contributed by atoms with Crippen LogP contribution in [0, 0.1) is 11.3 Å². The lowest BCUT2D eigenvalue weighted by Crippen LogP contribution is -2.13. The number of amides is 1. The highest BCUT2D eigenvalue weighted by Gasteiger charge is 2.11. The third-order valence-corrected chi connectivity index (χ3v) is 4.66. The predicted molar refractivity (Wildman–Crippen MR) is 106 cm³/mol. The number of carbonyl (C=O) groups is 1. The van der Waals surface area contributed by atoms with Gasteiger partial charge in [-0.05, 0) is 24.3 Å². The van der Waals surface area contributed by atoms with Crippen molar-refractivity contribution >= 4 is 28.5 Å². The summed E-state index contributed by atoms with van der Waals surface area (Å²) in [7, 11) is 1.61. The topological polar surface area (TPSA) is 101 Å². The lowest BCUT2D eigenvalue weighted by Gasteiger charge is -2.06. The SMILES string of the molecule is COc1cccc(-c2csc(/C(C#N)=C/Nc3ccccc3C(N)=O)n2)c1. The summed E-state index contributed by atoms with van der Waals surface area (Å²) in [5, 5.41) is 14.9. The van der Waals surface area contributed by atoms with Crippen molar-refractivity contribution in [2.24, 2.45) is 5.73 Å². The van der Waals surface area contributed by atoms with Gasteiger partial charge in [0.15, 0.2) is 0 Å². The number of rotatable bonds is 6. The first-order valence-corrected chi connectivity index (χ1v) is 8.86. The third kappa shape index (κ3) is 4.14. The summed E-state index contributed by atoms with van der Waals surface area (Å²) in [6.45, 7) is 0. The number of nitrogens with zero attached hydrogens (tertiary/aromatic N) is 2. The molecule has 0 bridgehead atoms. The molecule has 0 aliphatic carbocycles. The second-order valence-corrected chi connectivity index (χ2v) is 6.35. The lowest BCUT2D eigenvalue weighted by molar-refractivity contribution is 0.100. The van der Waals surface area contributed by atoms with Crippen LogP contribution in [-0.4, -0.2) is 18.0 Å². The van der Waals surface area contributed by atoms with E-state index in [2.05, 4.69) is 16.4 Å². The number of benzene rings is 2. The highest BCUT2D eigenvalue weighted by atomic mass is 32.1. The maximum absolute atomic E-state index is 11.5. The van der Waals surface area contributed by atoms with Crippen LogP contribution in [0.4, 0.5) is 5.69 Å². The van der Waals surface area contributed by atoms with Gasteiger partial charge in [-0.2, -0.15) is 5.26 Å². The zero-order chi connectivity index (χ0) is 19.2. The fourth-order valence-electron chi connectivity index (χ4n) is 2.43. The highest BCUT2D eigenvalue weighted by Crippen LogP contribution is 2.28. The number of allylic oxidation sites excluding steroid dienone is 1. The van der Waals surface area contributed by atoms with E-state index in [9.17, 15) is 10.1 Å². The van der Waals surface area contributed by atoms with Crippen molar-refractivity contribution in [3.63, 3.8) is 0 Å². The number of nitriles is 1. The number of para-hydroxylation sites is 1. The number of thiazole rings is 1. The maximum atomic E-state index is 11.5. The average molecular weight is 376 g/mol. The number of aromatic nitrogens is 1. The van der Waals surface area contributed by atoms with E-state index in [1.54, 1.807) is 31.4 Å². The Morgan fingerprint density at radius 3 is 2.85 bits per heavy atom. The Balaban J connectivity index is 1.87. The van der Waals surface area contributed by atoms with E-state index in [1.807, 2.05) is 29.6 Å². The molecule has 134 valence electrons. The van der Waals surface area contributed by atoms with Crippen LogP contribution in [0.2, 0.25) is 0 Å². The van der Waals surface area contributed by atoms with Gasteiger partial charge in [0.1, 0.15) is 22.4 Å². The molecule has 27 heavy (non-hydrogen) atoms. The molecule has 0 aliphatic heterocycles. The van der Waals surface area contributed by atoms with E-state index in [0.29, 0.717) is 21.8 Å². The van der Waals surface area contributed by atoms with Crippen LogP contribution < -0.4 is 15.8 Å². The van der Waals surface area contributed by atoms with Gasteiger partial charge in [-0.15, -0.1) is 11.3 Å². The number of ether oxygens (including phenoxy) is 1. The first kappa shape index (κ1) is 18.2. The van der Waals surface area contributed by atoms with Crippen molar-refractivity contribution in [1.29, 1.82) is 5.26 Å². The van der Waals surface area contributed by atoms with Crippen LogP contribution in [-0.2, 0) is 0 Å². The molecule has 1 amide bonds. The molecule has 1 heterocycles. The molecule has 0 aliphatic rings. The summed E-state index contributed by atoms with van der Waals surface area (Å²) in [4.78, 5) is 16.0. The van der Waals surface area contributed by atoms with Crippen molar-refractivity contribution < 1.29 is 9.53 Å². The summed E-state index contributed by atoms with van der Waals surface area (Å²) >= 11 is 1.36. The summed E-state index contributed by atoms with van der Waals surface area (Å²) in [6, 6.07) is 16.5. The van der Waals surface area contributed by atoms with Crippen LogP contribution in [0.5, 0.6) is 5.75 Å². The van der Waals surface area contributed by atoms with E-state index in [4.69, 9.17) is 10.5 Å². The van der Waals surface area contributed by atoms with Gasteiger partial charge in [-0.1, -0.05) is 24.3 Å². The molecule has 2 aromatic carbocycles. The zero-order valence-electron chi connectivity index (χ0n) is 14.5. The molecule has 1 aromatic heterocycles. The molecule has 3 N–H and O–H groups in total. The normalized spacial score (nSPS) is 10.9. The Labute approximate surface area is 160 Å². The van der Waals surface area contributed by atoms with E-state index < -0.39 is 5.91 Å². The molecular formula is C20H16N4O2S. The molecule has 0 unspecified atom stereocenters. The van der Waals surface area contributed by atoms with Crippen LogP contribution in [0.3, 0.4) is 0 Å². The van der Waals surface area contributed by atoms with Crippen molar-refractivity contribution in [3.05, 3.63) is 70.7 Å². The lowest BCUT2D eigenvalue weighted by atomic mass is 10.1. The Hall–Kier alpha value is -3.63. The van der Waals surface area contributed by atoms with Gasteiger partial charge in [-0.25, -0.2) is 4.98 Å². The maximum Gasteiger partial charge on any atom is 0.250 e. The fourth-order valence-corrected chi connectivity index (χ4v) is 3.22. The summed E-state index contributed by atoms with van der Waals surface area (Å²) in [5.74, 6) is 0.197. The smallest absolute Gasteiger partial charge is 0.250 e. The number of hydrogen-bond donors (Lipinski definition) is 2. The number of nitrogens with one attached hydrogen (secondary N) is 1. The van der Waals surface area contributed by atoms with Gasteiger partial charge in [0, 0.05) is 17.1 Å². The molecule has 0 spiro atoms. The van der Waals surface area contributed by atoms with Crippen molar-refractivity contribution in [1.82, 2.24) is 4.98 Å². The van der Waals surface area contributed by atoms with Crippen LogP contribution >= 0.6 is 11.3 Å². The molecule has 0 saturated heterocycles. The summed E-state index contributed by atoms with van der Waals surface area (Å²) in [6.07, 6.45) is 1.52. The van der Waals surface area contributed by atoms with Crippen molar-refractivity contribution in [2.45, 2.75) is 0 Å². The minimum atomic E-state index is -0.542. The standard InChI is InChI=1S/C20H16N4O2S/c1-26-15-6-4-5-13(9-15)18-12-27-20(24-18)14(10-21)11-23-17-8-3-2-7-16(17)19(22)25/h2-9,11-12,23H,1H3,(H2,22,25)/b14-11+. The van der Waals surface area contributed by atoms with E-state index in [-0.39, 0.29) is 0 Å². The number of methoxy groups -OCH3 is 1. The van der Waals surface area contributed by atoms with Gasteiger partial charge in [0.25, 0.3) is 5.91 Å². The van der Waals surface area contributed by atoms with Crippen molar-refractivity contribution in [2.75, 3.05) is 12.4 Å². The number of anilines is 1. The molecule has 0 saturated carbocycles. The Morgan fingerprint density at radius 1 is 1.30 bits per heavy atom. The summed E-state index contributed by atoms with van der Waals surface area (Å²) in [5.41, 5.74) is 8.27. The monoisotopic (exact) mass is 376 g/mol. The molecular weight excluding hydrogens is 360 g/mol. The van der Waals surface area contributed by atoms with Gasteiger partial charge < -0.3 is 15.8 Å². The van der Waals surface area contributed by atoms with Crippen LogP contribution in [0.1, 0.15) is 15.4 Å². The molecule has 0 atom stereocenters. The predicted octanol–water partition coefficient (Wildman–Crippen LogP) is 3.89. The second kappa shape index (κ2) is 8.17. The first-order valence-electron chi connectivity index (χ1n) is 7.98. The third-order valence-electron chi connectivity index (χ3n) is 3.79. The molecule has 3 aromatic rings. The van der Waals surface area contributed by atoms with E-state index >= 15 is 0 Å². The molecule has 0 fully saturated rings. The average Bonchev–Trinajstić information content (AvgIpc) is 3.19.